The number of nitrogens with two attached hydrogens (primary N) is 1. The van der Waals surface area contributed by atoms with E-state index in [1.165, 1.54) is 16.7 Å². The summed E-state index contributed by atoms with van der Waals surface area (Å²) >= 11 is 1.20. The lowest BCUT2D eigenvalue weighted by Crippen LogP contribution is -2.52. The summed E-state index contributed by atoms with van der Waals surface area (Å²) in [6.07, 6.45) is -0.434. The van der Waals surface area contributed by atoms with Gasteiger partial charge in [-0.2, -0.15) is 0 Å². The van der Waals surface area contributed by atoms with Gasteiger partial charge in [-0.25, -0.2) is 18.0 Å². The van der Waals surface area contributed by atoms with E-state index in [0.29, 0.717) is 17.9 Å². The van der Waals surface area contributed by atoms with Crippen LogP contribution in [0.2, 0.25) is 0 Å². The van der Waals surface area contributed by atoms with Gasteiger partial charge in [0.25, 0.3) is 5.91 Å². The van der Waals surface area contributed by atoms with Crippen LogP contribution in [-0.4, -0.2) is 57.5 Å². The topological polar surface area (TPSA) is 113 Å². The van der Waals surface area contributed by atoms with E-state index in [9.17, 15) is 32.7 Å². The number of amides is 2. The van der Waals surface area contributed by atoms with Crippen molar-refractivity contribution >= 4 is 29.5 Å². The molecule has 4 N–H and O–H groups in total. The van der Waals surface area contributed by atoms with E-state index in [1.54, 1.807) is 13.8 Å². The Bertz CT molecular complexity index is 824. The fourth-order valence-electron chi connectivity index (χ4n) is 3.10. The molecule has 0 bridgehead atoms. The lowest BCUT2D eigenvalue weighted by Gasteiger charge is -2.26. The highest BCUT2D eigenvalue weighted by molar-refractivity contribution is 8.00. The zero-order valence-corrected chi connectivity index (χ0v) is 17.3. The molecule has 0 radical (unpaired) electrons. The number of hydrogen-bond donors (Lipinski definition) is 3. The van der Waals surface area contributed by atoms with Crippen LogP contribution in [-0.2, 0) is 20.8 Å². The molecule has 166 valence electrons. The first-order valence-electron chi connectivity index (χ1n) is 9.34. The van der Waals surface area contributed by atoms with Gasteiger partial charge in [0.05, 0.1) is 0 Å². The summed E-state index contributed by atoms with van der Waals surface area (Å²) in [6.45, 7) is 3.58. The van der Waals surface area contributed by atoms with Gasteiger partial charge in [-0.05, 0) is 24.0 Å². The summed E-state index contributed by atoms with van der Waals surface area (Å²) in [5, 5.41) is 10.8. The average molecular weight is 447 g/mol. The second kappa shape index (κ2) is 10.2. The Morgan fingerprint density at radius 2 is 1.87 bits per heavy atom. The molecule has 0 spiro atoms. The van der Waals surface area contributed by atoms with E-state index < -0.39 is 52.7 Å². The number of hydrogen-bond acceptors (Lipinski definition) is 5. The predicted octanol–water partition coefficient (Wildman–Crippen LogP) is 1.49. The van der Waals surface area contributed by atoms with Crippen molar-refractivity contribution in [1.29, 1.82) is 0 Å². The first-order chi connectivity index (χ1) is 14.0. The molecule has 1 aliphatic heterocycles. The number of carbonyl (C=O) groups is 3. The molecular weight excluding hydrogens is 423 g/mol. The van der Waals surface area contributed by atoms with Crippen molar-refractivity contribution in [3.05, 3.63) is 35.1 Å². The van der Waals surface area contributed by atoms with Crippen LogP contribution >= 0.6 is 11.8 Å². The molecule has 2 amide bonds. The summed E-state index contributed by atoms with van der Waals surface area (Å²) in [5.41, 5.74) is 5.75. The van der Waals surface area contributed by atoms with Crippen LogP contribution in [0.1, 0.15) is 25.8 Å². The minimum absolute atomic E-state index is 0.152. The third kappa shape index (κ3) is 5.88. The maximum atomic E-state index is 13.8. The first-order valence-corrected chi connectivity index (χ1v) is 10.4. The molecule has 30 heavy (non-hydrogen) atoms. The van der Waals surface area contributed by atoms with Crippen LogP contribution in [0.4, 0.5) is 13.2 Å². The van der Waals surface area contributed by atoms with Crippen molar-refractivity contribution in [2.45, 2.75) is 44.1 Å². The van der Waals surface area contributed by atoms with E-state index in [-0.39, 0.29) is 30.9 Å². The Kier molecular flexibility index (Phi) is 8.13. The molecule has 0 saturated carbocycles. The summed E-state index contributed by atoms with van der Waals surface area (Å²) in [6, 6.07) is -0.845. The van der Waals surface area contributed by atoms with Crippen molar-refractivity contribution in [3.8, 4) is 0 Å². The molecule has 1 heterocycles. The number of rotatable bonds is 8. The Morgan fingerprint density at radius 1 is 1.23 bits per heavy atom. The highest BCUT2D eigenvalue weighted by atomic mass is 32.2. The van der Waals surface area contributed by atoms with Crippen molar-refractivity contribution < 1.29 is 32.7 Å². The van der Waals surface area contributed by atoms with E-state index in [4.69, 9.17) is 5.73 Å². The van der Waals surface area contributed by atoms with Crippen LogP contribution < -0.4 is 11.1 Å². The Morgan fingerprint density at radius 3 is 2.47 bits per heavy atom. The second-order valence-corrected chi connectivity index (χ2v) is 8.59. The van der Waals surface area contributed by atoms with Crippen LogP contribution in [0.3, 0.4) is 0 Å². The monoisotopic (exact) mass is 447 g/mol. The standard InChI is InChI=1S/C19H24F3N3O4S/c1-9(2)16(19(28)29)24-17(27)18-25(3-4-30-18)15(26)7-11(23)5-10-6-13(21)14(22)8-12(10)20/h6,8-9,11,16,18H,3-5,7,23H2,1-2H3,(H,24,27)(H,28,29). The summed E-state index contributed by atoms with van der Waals surface area (Å²) in [7, 11) is 0. The first kappa shape index (κ1) is 24.0. The van der Waals surface area contributed by atoms with E-state index in [0.717, 1.165) is 0 Å². The largest absolute Gasteiger partial charge is 0.480 e. The smallest absolute Gasteiger partial charge is 0.326 e. The highest BCUT2D eigenvalue weighted by Crippen LogP contribution is 2.25. The summed E-state index contributed by atoms with van der Waals surface area (Å²) in [5.74, 6) is -5.58. The van der Waals surface area contributed by atoms with Gasteiger partial charge in [-0.1, -0.05) is 13.8 Å². The zero-order chi connectivity index (χ0) is 22.6. The van der Waals surface area contributed by atoms with Gasteiger partial charge < -0.3 is 21.1 Å². The number of carbonyl (C=O) groups excluding carboxylic acids is 2. The van der Waals surface area contributed by atoms with Gasteiger partial charge in [-0.15, -0.1) is 11.8 Å². The summed E-state index contributed by atoms with van der Waals surface area (Å²) < 4.78 is 40.2. The van der Waals surface area contributed by atoms with Gasteiger partial charge >= 0.3 is 5.97 Å². The van der Waals surface area contributed by atoms with Gasteiger partial charge in [0.2, 0.25) is 5.91 Å². The number of halogens is 3. The molecule has 1 aliphatic rings. The quantitative estimate of drug-likeness (QED) is 0.521. The normalized spacial score (nSPS) is 18.4. The van der Waals surface area contributed by atoms with Gasteiger partial charge in [0.15, 0.2) is 17.0 Å². The molecule has 1 saturated heterocycles. The maximum Gasteiger partial charge on any atom is 0.326 e. The van der Waals surface area contributed by atoms with Crippen molar-refractivity contribution in [2.75, 3.05) is 12.3 Å². The molecule has 0 aromatic heterocycles. The van der Waals surface area contributed by atoms with Crippen molar-refractivity contribution in [2.24, 2.45) is 11.7 Å². The predicted molar refractivity (Wildman–Crippen MR) is 105 cm³/mol. The molecule has 7 nitrogen and oxygen atoms in total. The third-order valence-electron chi connectivity index (χ3n) is 4.67. The molecule has 0 aliphatic carbocycles. The Hall–Kier alpha value is -2.27. The van der Waals surface area contributed by atoms with Crippen LogP contribution in [0, 0.1) is 23.4 Å². The highest BCUT2D eigenvalue weighted by Gasteiger charge is 2.37. The molecule has 3 unspecified atom stereocenters. The molecule has 11 heteroatoms. The molecule has 1 aromatic rings. The van der Waals surface area contributed by atoms with Gasteiger partial charge in [0, 0.05) is 30.8 Å². The number of thioether (sulfide) groups is 1. The van der Waals surface area contributed by atoms with E-state index in [1.807, 2.05) is 0 Å². The number of benzene rings is 1. The van der Waals surface area contributed by atoms with Crippen LogP contribution in [0.25, 0.3) is 0 Å². The minimum atomic E-state index is -1.31. The van der Waals surface area contributed by atoms with E-state index in [2.05, 4.69) is 5.32 Å². The van der Waals surface area contributed by atoms with Crippen molar-refractivity contribution in [1.82, 2.24) is 10.2 Å². The number of aliphatic carboxylic acids is 1. The minimum Gasteiger partial charge on any atom is -0.480 e. The third-order valence-corrected chi connectivity index (χ3v) is 5.88. The average Bonchev–Trinajstić information content (AvgIpc) is 3.13. The number of carboxylic acids is 1. The fraction of sp³-hybridized carbons (Fsp3) is 0.526. The molecule has 2 rings (SSSR count). The van der Waals surface area contributed by atoms with Crippen LogP contribution in [0.5, 0.6) is 0 Å². The number of nitrogens with one attached hydrogen (secondary N) is 1. The number of carboxylic acid groups (broad SMARTS) is 1. The lowest BCUT2D eigenvalue weighted by atomic mass is 10.0. The van der Waals surface area contributed by atoms with Crippen LogP contribution in [0.15, 0.2) is 12.1 Å². The summed E-state index contributed by atoms with van der Waals surface area (Å²) in [4.78, 5) is 37.7. The van der Waals surface area contributed by atoms with Gasteiger partial charge in [0.1, 0.15) is 11.9 Å². The SMILES string of the molecule is CC(C)C(NC(=O)C1SCCN1C(=O)CC(N)Cc1cc(F)c(F)cc1F)C(=O)O. The Labute approximate surface area is 176 Å². The second-order valence-electron chi connectivity index (χ2n) is 7.40. The molecule has 1 aromatic carbocycles. The van der Waals surface area contributed by atoms with Crippen molar-refractivity contribution in [3.63, 3.8) is 0 Å². The van der Waals surface area contributed by atoms with Gasteiger partial charge in [-0.3, -0.25) is 9.59 Å². The Balaban J connectivity index is 2.00. The molecular formula is C19H24F3N3O4S. The lowest BCUT2D eigenvalue weighted by molar-refractivity contribution is -0.144. The number of nitrogens with zero attached hydrogens (tertiary/aromatic N) is 1. The maximum absolute atomic E-state index is 13.8. The van der Waals surface area contributed by atoms with E-state index >= 15 is 0 Å². The zero-order valence-electron chi connectivity index (χ0n) is 16.5. The molecule has 3 atom stereocenters. The fourth-order valence-corrected chi connectivity index (χ4v) is 4.24. The molecule has 1 fully saturated rings.